The first-order chi connectivity index (χ1) is 9.47. The van der Waals surface area contributed by atoms with Crippen molar-refractivity contribution in [2.24, 2.45) is 0 Å². The monoisotopic (exact) mass is 332 g/mol. The van der Waals surface area contributed by atoms with Gasteiger partial charge in [0.2, 0.25) is 0 Å². The zero-order valence-corrected chi connectivity index (χ0v) is 13.4. The number of hydrogen-bond donors (Lipinski definition) is 0. The summed E-state index contributed by atoms with van der Waals surface area (Å²) in [5.41, 5.74) is 3.62. The second kappa shape index (κ2) is 6.18. The average Bonchev–Trinajstić information content (AvgIpc) is 2.38. The maximum Gasteiger partial charge on any atom is 0.161 e. The number of hydrogen-bond acceptors (Lipinski definition) is 3. The summed E-state index contributed by atoms with van der Waals surface area (Å²) in [4.78, 5) is 18.3. The number of carbonyl (C=O) groups excluding carboxylic acids is 1. The van der Waals surface area contributed by atoms with Crippen molar-refractivity contribution in [3.05, 3.63) is 57.8 Å². The molecule has 0 radical (unpaired) electrons. The van der Waals surface area contributed by atoms with Crippen LogP contribution in [0.5, 0.6) is 0 Å². The number of carbonyl (C=O) groups is 1. The molecule has 0 aliphatic rings. The van der Waals surface area contributed by atoms with E-state index < -0.39 is 0 Å². The van der Waals surface area contributed by atoms with Crippen molar-refractivity contribution in [3.63, 3.8) is 0 Å². The molecule has 1 aromatic heterocycles. The van der Waals surface area contributed by atoms with Crippen molar-refractivity contribution >= 4 is 27.4 Å². The van der Waals surface area contributed by atoms with Crippen LogP contribution in [0.1, 0.15) is 28.7 Å². The molecule has 1 heterocycles. The van der Waals surface area contributed by atoms with E-state index in [4.69, 9.17) is 0 Å². The van der Waals surface area contributed by atoms with Gasteiger partial charge in [-0.2, -0.15) is 0 Å². The van der Waals surface area contributed by atoms with Crippen LogP contribution < -0.4 is 4.90 Å². The first-order valence-electron chi connectivity index (χ1n) is 6.41. The highest BCUT2D eigenvalue weighted by Crippen LogP contribution is 2.25. The number of pyridine rings is 1. The summed E-state index contributed by atoms with van der Waals surface area (Å²) in [6.07, 6.45) is 0. The summed E-state index contributed by atoms with van der Waals surface area (Å²) in [7, 11) is 1.97. The van der Waals surface area contributed by atoms with Crippen molar-refractivity contribution in [1.29, 1.82) is 0 Å². The molecule has 0 amide bonds. The Morgan fingerprint density at radius 3 is 2.70 bits per heavy atom. The van der Waals surface area contributed by atoms with Gasteiger partial charge in [0, 0.05) is 28.5 Å². The van der Waals surface area contributed by atoms with E-state index in [1.165, 1.54) is 0 Å². The van der Waals surface area contributed by atoms with Crippen LogP contribution in [0.15, 0.2) is 40.9 Å². The summed E-state index contributed by atoms with van der Waals surface area (Å²) in [6, 6.07) is 11.7. The van der Waals surface area contributed by atoms with E-state index >= 15 is 0 Å². The molecule has 104 valence electrons. The van der Waals surface area contributed by atoms with Gasteiger partial charge in [0.1, 0.15) is 0 Å². The van der Waals surface area contributed by atoms with Crippen LogP contribution in [0.4, 0.5) is 5.69 Å². The summed E-state index contributed by atoms with van der Waals surface area (Å²) in [5.74, 6) is 0.0663. The molecular weight excluding hydrogens is 316 g/mol. The number of aryl methyl sites for hydroxylation is 1. The lowest BCUT2D eigenvalue weighted by atomic mass is 10.1. The minimum Gasteiger partial charge on any atom is -0.368 e. The highest BCUT2D eigenvalue weighted by Gasteiger charge is 2.12. The minimum absolute atomic E-state index is 0.0663. The second-order valence-electron chi connectivity index (χ2n) is 4.84. The van der Waals surface area contributed by atoms with Crippen LogP contribution in [-0.4, -0.2) is 17.8 Å². The maximum absolute atomic E-state index is 11.7. The van der Waals surface area contributed by atoms with Crippen LogP contribution in [0.25, 0.3) is 0 Å². The Labute approximate surface area is 127 Å². The average molecular weight is 333 g/mol. The SMILES string of the molecule is CC(=O)c1ccc(Br)cc1N(C)Cc1cccc(C)n1. The molecule has 0 N–H and O–H groups in total. The number of aromatic nitrogens is 1. The molecule has 4 heteroatoms. The third kappa shape index (κ3) is 3.45. The minimum atomic E-state index is 0.0663. The van der Waals surface area contributed by atoms with Crippen LogP contribution in [-0.2, 0) is 6.54 Å². The van der Waals surface area contributed by atoms with E-state index in [-0.39, 0.29) is 5.78 Å². The largest absolute Gasteiger partial charge is 0.368 e. The van der Waals surface area contributed by atoms with Crippen molar-refractivity contribution in [1.82, 2.24) is 4.98 Å². The number of benzene rings is 1. The van der Waals surface area contributed by atoms with Crippen LogP contribution in [0.2, 0.25) is 0 Å². The lowest BCUT2D eigenvalue weighted by Gasteiger charge is -2.22. The van der Waals surface area contributed by atoms with Gasteiger partial charge < -0.3 is 4.90 Å². The van der Waals surface area contributed by atoms with E-state index in [1.807, 2.05) is 55.3 Å². The summed E-state index contributed by atoms with van der Waals surface area (Å²) in [5, 5.41) is 0. The molecule has 0 atom stereocenters. The molecule has 0 spiro atoms. The molecule has 0 bridgehead atoms. The van der Waals surface area contributed by atoms with Crippen molar-refractivity contribution < 1.29 is 4.79 Å². The third-order valence-electron chi connectivity index (χ3n) is 3.10. The lowest BCUT2D eigenvalue weighted by molar-refractivity contribution is 0.101. The number of halogens is 1. The molecule has 0 saturated carbocycles. The van der Waals surface area contributed by atoms with Crippen molar-refractivity contribution in [3.8, 4) is 0 Å². The molecule has 0 fully saturated rings. The Hall–Kier alpha value is -1.68. The zero-order valence-electron chi connectivity index (χ0n) is 11.9. The van der Waals surface area contributed by atoms with Gasteiger partial charge in [-0.25, -0.2) is 0 Å². The Bertz CT molecular complexity index is 640. The van der Waals surface area contributed by atoms with Gasteiger partial charge >= 0.3 is 0 Å². The Morgan fingerprint density at radius 2 is 2.05 bits per heavy atom. The quantitative estimate of drug-likeness (QED) is 0.793. The van der Waals surface area contributed by atoms with Crippen LogP contribution in [0, 0.1) is 6.92 Å². The Morgan fingerprint density at radius 1 is 1.30 bits per heavy atom. The summed E-state index contributed by atoms with van der Waals surface area (Å²) >= 11 is 3.46. The first-order valence-corrected chi connectivity index (χ1v) is 7.21. The molecule has 2 aromatic rings. The maximum atomic E-state index is 11.7. The number of nitrogens with zero attached hydrogens (tertiary/aromatic N) is 2. The highest BCUT2D eigenvalue weighted by molar-refractivity contribution is 9.10. The summed E-state index contributed by atoms with van der Waals surface area (Å²) < 4.78 is 0.960. The fraction of sp³-hybridized carbons (Fsp3) is 0.250. The standard InChI is InChI=1S/C16H17BrN2O/c1-11-5-4-6-14(18-11)10-19(3)16-9-13(17)7-8-15(16)12(2)20/h4-9H,10H2,1-3H3. The molecule has 0 unspecified atom stereocenters. The number of Topliss-reactive ketones (excluding diaryl/α,β-unsaturated/α-hetero) is 1. The Kier molecular flexibility index (Phi) is 4.55. The van der Waals surface area contributed by atoms with Gasteiger partial charge in [-0.05, 0) is 44.2 Å². The smallest absolute Gasteiger partial charge is 0.161 e. The van der Waals surface area contributed by atoms with Gasteiger partial charge in [0.05, 0.1) is 12.2 Å². The molecular formula is C16H17BrN2O. The van der Waals surface area contributed by atoms with E-state index in [2.05, 4.69) is 20.9 Å². The van der Waals surface area contributed by atoms with Crippen LogP contribution >= 0.6 is 15.9 Å². The number of rotatable bonds is 4. The van der Waals surface area contributed by atoms with Crippen molar-refractivity contribution in [2.45, 2.75) is 20.4 Å². The van der Waals surface area contributed by atoms with Gasteiger partial charge in [-0.15, -0.1) is 0 Å². The fourth-order valence-corrected chi connectivity index (χ4v) is 2.48. The van der Waals surface area contributed by atoms with E-state index in [1.54, 1.807) is 6.92 Å². The second-order valence-corrected chi connectivity index (χ2v) is 5.76. The zero-order chi connectivity index (χ0) is 14.7. The highest BCUT2D eigenvalue weighted by atomic mass is 79.9. The Balaban J connectivity index is 2.31. The van der Waals surface area contributed by atoms with Gasteiger partial charge in [0.25, 0.3) is 0 Å². The van der Waals surface area contributed by atoms with Crippen LogP contribution in [0.3, 0.4) is 0 Å². The topological polar surface area (TPSA) is 33.2 Å². The van der Waals surface area contributed by atoms with Gasteiger partial charge in [-0.3, -0.25) is 9.78 Å². The van der Waals surface area contributed by atoms with E-state index in [9.17, 15) is 4.79 Å². The summed E-state index contributed by atoms with van der Waals surface area (Å²) in [6.45, 7) is 4.23. The molecule has 0 aliphatic heterocycles. The van der Waals surface area contributed by atoms with E-state index in [0.717, 1.165) is 27.1 Å². The predicted octanol–water partition coefficient (Wildman–Crippen LogP) is 3.99. The molecule has 1 aromatic carbocycles. The lowest BCUT2D eigenvalue weighted by Crippen LogP contribution is -2.19. The van der Waals surface area contributed by atoms with Crippen molar-refractivity contribution in [2.75, 3.05) is 11.9 Å². The van der Waals surface area contributed by atoms with Gasteiger partial charge in [-0.1, -0.05) is 22.0 Å². The molecule has 3 nitrogen and oxygen atoms in total. The van der Waals surface area contributed by atoms with Gasteiger partial charge in [0.15, 0.2) is 5.78 Å². The number of anilines is 1. The number of ketones is 1. The molecule has 20 heavy (non-hydrogen) atoms. The van der Waals surface area contributed by atoms with E-state index in [0.29, 0.717) is 6.54 Å². The third-order valence-corrected chi connectivity index (χ3v) is 3.59. The normalized spacial score (nSPS) is 10.4. The molecule has 2 rings (SSSR count). The fourth-order valence-electron chi connectivity index (χ4n) is 2.13. The first kappa shape index (κ1) is 14.7. The predicted molar refractivity (Wildman–Crippen MR) is 85.2 cm³/mol. The molecule has 0 aliphatic carbocycles. The molecule has 0 saturated heterocycles.